The number of para-hydroxylation sites is 1. The standard InChI is InChI=1S/C61H42N2S3/c1-3-15-50-54-38-46(29-32-60(54)64-56(50)4-2)63(47-30-33-61-55(39-47)52-21-12-14-23-58(52)66-61)49-35-43(42-26-31-59-53(36-42)51-20-11-13-22-57(51)65-59)34-48(37-49)62(44-18-9-6-10-19-44)45-27-24-41(25-28-45)40-16-7-5-8-17-40/h3-39H,2H2,1H3/b15-3-. The molecule has 0 saturated carbocycles. The van der Waals surface area contributed by atoms with Crippen LogP contribution in [0.2, 0.25) is 0 Å². The first kappa shape index (κ1) is 40.0. The summed E-state index contributed by atoms with van der Waals surface area (Å²) in [6, 6.07) is 76.0. The van der Waals surface area contributed by atoms with Gasteiger partial charge in [-0.05, 0) is 132 Å². The van der Waals surface area contributed by atoms with Gasteiger partial charge in [-0.1, -0.05) is 128 Å². The van der Waals surface area contributed by atoms with Gasteiger partial charge in [-0.3, -0.25) is 0 Å². The van der Waals surface area contributed by atoms with E-state index in [0.29, 0.717) is 0 Å². The highest BCUT2D eigenvalue weighted by Crippen LogP contribution is 2.47. The highest BCUT2D eigenvalue weighted by molar-refractivity contribution is 7.26. The molecule has 0 aliphatic carbocycles. The van der Waals surface area contributed by atoms with Crippen LogP contribution in [0.25, 0.3) is 84.8 Å². The fraction of sp³-hybridized carbons (Fsp3) is 0.0164. The lowest BCUT2D eigenvalue weighted by Crippen LogP contribution is -2.13. The predicted octanol–water partition coefficient (Wildman–Crippen LogP) is 19.6. The summed E-state index contributed by atoms with van der Waals surface area (Å²) in [5.74, 6) is 0. The average Bonchev–Trinajstić information content (AvgIpc) is 4.05. The Morgan fingerprint density at radius 2 is 0.818 bits per heavy atom. The van der Waals surface area contributed by atoms with Crippen LogP contribution >= 0.6 is 34.0 Å². The van der Waals surface area contributed by atoms with Gasteiger partial charge in [0.1, 0.15) is 0 Å². The monoisotopic (exact) mass is 898 g/mol. The van der Waals surface area contributed by atoms with E-state index in [1.165, 1.54) is 77.6 Å². The van der Waals surface area contributed by atoms with Crippen molar-refractivity contribution in [1.29, 1.82) is 0 Å². The molecule has 0 N–H and O–H groups in total. The zero-order valence-corrected chi connectivity index (χ0v) is 38.6. The largest absolute Gasteiger partial charge is 0.310 e. The Hall–Kier alpha value is -7.54. The molecule has 0 bridgehead atoms. The van der Waals surface area contributed by atoms with Crippen molar-refractivity contribution in [2.24, 2.45) is 0 Å². The smallest absolute Gasteiger partial charge is 0.0488 e. The number of anilines is 6. The van der Waals surface area contributed by atoms with E-state index in [9.17, 15) is 0 Å². The molecule has 0 amide bonds. The van der Waals surface area contributed by atoms with Crippen LogP contribution in [0.5, 0.6) is 0 Å². The molecule has 0 atom stereocenters. The number of hydrogen-bond acceptors (Lipinski definition) is 5. The maximum Gasteiger partial charge on any atom is 0.0488 e. The second-order valence-electron chi connectivity index (χ2n) is 16.5. The van der Waals surface area contributed by atoms with Crippen LogP contribution in [0, 0.1) is 0 Å². The predicted molar refractivity (Wildman–Crippen MR) is 293 cm³/mol. The van der Waals surface area contributed by atoms with Gasteiger partial charge in [-0.15, -0.1) is 34.0 Å². The third-order valence-corrected chi connectivity index (χ3v) is 16.0. The van der Waals surface area contributed by atoms with Crippen LogP contribution in [-0.2, 0) is 0 Å². The first-order valence-electron chi connectivity index (χ1n) is 22.2. The Bertz CT molecular complexity index is 3800. The summed E-state index contributed by atoms with van der Waals surface area (Å²) in [4.78, 5) is 6.04. The third-order valence-electron chi connectivity index (χ3n) is 12.5. The molecule has 3 heterocycles. The van der Waals surface area contributed by atoms with E-state index >= 15 is 0 Å². The van der Waals surface area contributed by atoms with Crippen LogP contribution in [0.15, 0.2) is 219 Å². The molecule has 0 aliphatic rings. The highest BCUT2D eigenvalue weighted by atomic mass is 32.1. The van der Waals surface area contributed by atoms with E-state index in [2.05, 4.69) is 242 Å². The van der Waals surface area contributed by atoms with E-state index in [1.807, 2.05) is 28.7 Å². The second-order valence-corrected chi connectivity index (χ2v) is 19.8. The normalized spacial score (nSPS) is 11.7. The minimum Gasteiger partial charge on any atom is -0.310 e. The lowest BCUT2D eigenvalue weighted by atomic mass is 9.99. The molecule has 0 spiro atoms. The van der Waals surface area contributed by atoms with Crippen molar-refractivity contribution < 1.29 is 0 Å². The number of rotatable bonds is 10. The summed E-state index contributed by atoms with van der Waals surface area (Å²) in [6.07, 6.45) is 6.33. The number of nitrogens with zero attached hydrogens (tertiary/aromatic N) is 2. The topological polar surface area (TPSA) is 6.48 Å². The van der Waals surface area contributed by atoms with Crippen molar-refractivity contribution in [2.75, 3.05) is 9.80 Å². The highest BCUT2D eigenvalue weighted by Gasteiger charge is 2.22. The fourth-order valence-corrected chi connectivity index (χ4v) is 12.6. The fourth-order valence-electron chi connectivity index (χ4n) is 9.44. The van der Waals surface area contributed by atoms with Crippen molar-refractivity contribution in [3.05, 3.63) is 229 Å². The zero-order chi connectivity index (χ0) is 44.1. The van der Waals surface area contributed by atoms with Gasteiger partial charge in [0.15, 0.2) is 0 Å². The number of fused-ring (bicyclic) bond motifs is 7. The Morgan fingerprint density at radius 1 is 0.348 bits per heavy atom. The number of allylic oxidation sites excluding steroid dienone is 1. The molecule has 0 aliphatic heterocycles. The Balaban J connectivity index is 1.13. The summed E-state index contributed by atoms with van der Waals surface area (Å²) < 4.78 is 6.40. The van der Waals surface area contributed by atoms with E-state index in [0.717, 1.165) is 39.7 Å². The molecular formula is C61H42N2S3. The van der Waals surface area contributed by atoms with Crippen molar-refractivity contribution in [2.45, 2.75) is 6.92 Å². The molecule has 0 saturated heterocycles. The zero-order valence-electron chi connectivity index (χ0n) is 36.2. The van der Waals surface area contributed by atoms with E-state index in [4.69, 9.17) is 0 Å². The van der Waals surface area contributed by atoms with E-state index in [1.54, 1.807) is 11.3 Å². The van der Waals surface area contributed by atoms with Gasteiger partial charge in [0.05, 0.1) is 0 Å². The van der Waals surface area contributed by atoms with Gasteiger partial charge in [0, 0.05) is 95.0 Å². The lowest BCUT2D eigenvalue weighted by Gasteiger charge is -2.30. The number of thiophene rings is 3. The lowest BCUT2D eigenvalue weighted by molar-refractivity contribution is 1.25. The van der Waals surface area contributed by atoms with Crippen molar-refractivity contribution in [3.8, 4) is 22.3 Å². The molecule has 314 valence electrons. The van der Waals surface area contributed by atoms with Gasteiger partial charge in [-0.2, -0.15) is 0 Å². The first-order valence-corrected chi connectivity index (χ1v) is 24.7. The maximum atomic E-state index is 4.20. The molecule has 66 heavy (non-hydrogen) atoms. The molecule has 0 fully saturated rings. The van der Waals surface area contributed by atoms with Crippen LogP contribution in [0.1, 0.15) is 17.4 Å². The van der Waals surface area contributed by atoms with Crippen molar-refractivity contribution in [3.63, 3.8) is 0 Å². The summed E-state index contributed by atoms with van der Waals surface area (Å²) in [6.45, 7) is 6.29. The summed E-state index contributed by atoms with van der Waals surface area (Å²) in [7, 11) is 0. The SMILES string of the molecule is C=Cc1sc2ccc(N(c3cc(-c4ccc5sc6ccccc6c5c4)cc(N(c4ccccc4)c4ccc(-c5ccccc5)cc4)c3)c3ccc4sc5ccccc5c4c3)cc2c1/C=C\C. The Labute approximate surface area is 396 Å². The van der Waals surface area contributed by atoms with Gasteiger partial charge < -0.3 is 9.80 Å². The molecule has 9 aromatic carbocycles. The number of benzene rings is 9. The van der Waals surface area contributed by atoms with E-state index < -0.39 is 0 Å². The van der Waals surface area contributed by atoms with Crippen LogP contribution in [-0.4, -0.2) is 0 Å². The third kappa shape index (κ3) is 7.09. The summed E-state index contributed by atoms with van der Waals surface area (Å²) >= 11 is 5.50. The summed E-state index contributed by atoms with van der Waals surface area (Å²) in [5, 5.41) is 6.32. The molecular weight excluding hydrogens is 857 g/mol. The Morgan fingerprint density at radius 3 is 1.45 bits per heavy atom. The van der Waals surface area contributed by atoms with Crippen molar-refractivity contribution in [1.82, 2.24) is 0 Å². The first-order chi connectivity index (χ1) is 32.6. The molecule has 0 radical (unpaired) electrons. The minimum atomic E-state index is 1.06. The molecule has 5 heteroatoms. The summed E-state index contributed by atoms with van der Waals surface area (Å²) in [5.41, 5.74) is 12.3. The molecule has 0 unspecified atom stereocenters. The second kappa shape index (κ2) is 16.8. The van der Waals surface area contributed by atoms with Gasteiger partial charge in [-0.25, -0.2) is 0 Å². The molecule has 12 rings (SSSR count). The van der Waals surface area contributed by atoms with Gasteiger partial charge in [0.2, 0.25) is 0 Å². The number of hydrogen-bond donors (Lipinski definition) is 0. The molecule has 12 aromatic rings. The quantitative estimate of drug-likeness (QED) is 0.135. The van der Waals surface area contributed by atoms with Crippen LogP contribution in [0.3, 0.4) is 0 Å². The Kier molecular flexibility index (Phi) is 10.2. The van der Waals surface area contributed by atoms with E-state index in [-0.39, 0.29) is 0 Å². The minimum absolute atomic E-state index is 1.06. The average molecular weight is 899 g/mol. The van der Waals surface area contributed by atoms with Crippen molar-refractivity contribution >= 4 is 131 Å². The molecule has 3 aromatic heterocycles. The van der Waals surface area contributed by atoms with Crippen LogP contribution < -0.4 is 9.80 Å². The van der Waals surface area contributed by atoms with Crippen LogP contribution in [0.4, 0.5) is 34.1 Å². The molecule has 2 nitrogen and oxygen atoms in total. The van der Waals surface area contributed by atoms with Gasteiger partial charge in [0.25, 0.3) is 0 Å². The maximum absolute atomic E-state index is 4.20. The van der Waals surface area contributed by atoms with Gasteiger partial charge >= 0.3 is 0 Å².